The van der Waals surface area contributed by atoms with E-state index in [1.54, 1.807) is 6.07 Å². The average Bonchev–Trinajstić information content (AvgIpc) is 1.96. The lowest BCUT2D eigenvalue weighted by molar-refractivity contribution is 0.455. The maximum atomic E-state index is 9.41. The first-order valence-corrected chi connectivity index (χ1v) is 4.28. The lowest BCUT2D eigenvalue weighted by Crippen LogP contribution is -1.83. The molecule has 0 atom stereocenters. The van der Waals surface area contributed by atoms with Gasteiger partial charge in [-0.25, -0.2) is 0 Å². The van der Waals surface area contributed by atoms with Gasteiger partial charge in [-0.3, -0.25) is 0 Å². The molecule has 3 heteroatoms. The Morgan fingerprint density at radius 3 is 2.55 bits per heavy atom. The first-order chi connectivity index (χ1) is 5.15. The monoisotopic (exact) mass is 186 g/mol. The van der Waals surface area contributed by atoms with E-state index in [4.69, 9.17) is 0 Å². The minimum absolute atomic E-state index is 0.272. The van der Waals surface area contributed by atoms with Crippen LogP contribution in [0.15, 0.2) is 21.9 Å². The number of hydrogen-bond donors (Lipinski definition) is 3. The molecule has 1 aromatic carbocycles. The number of aryl methyl sites for hydroxylation is 1. The molecule has 0 radical (unpaired) electrons. The molecule has 0 aromatic heterocycles. The molecular formula is C8H10OS2. The predicted octanol–water partition coefficient (Wildman–Crippen LogP) is 2.53. The highest BCUT2D eigenvalue weighted by molar-refractivity contribution is 7.81. The van der Waals surface area contributed by atoms with Gasteiger partial charge in [0.05, 0.1) is 0 Å². The Bertz CT molecular complexity index is 271. The molecule has 0 spiro atoms. The van der Waals surface area contributed by atoms with E-state index in [2.05, 4.69) is 25.3 Å². The van der Waals surface area contributed by atoms with E-state index < -0.39 is 0 Å². The molecule has 0 aliphatic rings. The number of aromatic hydroxyl groups is 1. The van der Waals surface area contributed by atoms with Gasteiger partial charge in [-0.05, 0) is 24.1 Å². The Hall–Kier alpha value is -0.280. The van der Waals surface area contributed by atoms with Crippen LogP contribution in [0.1, 0.15) is 12.5 Å². The summed E-state index contributed by atoms with van der Waals surface area (Å²) in [6.07, 6.45) is 0.799. The zero-order valence-electron chi connectivity index (χ0n) is 6.20. The van der Waals surface area contributed by atoms with Crippen LogP contribution in [0.4, 0.5) is 0 Å². The van der Waals surface area contributed by atoms with Crippen LogP contribution in [0, 0.1) is 0 Å². The van der Waals surface area contributed by atoms with Crippen molar-refractivity contribution in [3.8, 4) is 5.75 Å². The van der Waals surface area contributed by atoms with E-state index in [-0.39, 0.29) is 5.75 Å². The molecule has 0 unspecified atom stereocenters. The van der Waals surface area contributed by atoms with Crippen LogP contribution in [0.5, 0.6) is 5.75 Å². The zero-order chi connectivity index (χ0) is 8.43. The number of hydrogen-bond acceptors (Lipinski definition) is 3. The van der Waals surface area contributed by atoms with Gasteiger partial charge in [0.2, 0.25) is 0 Å². The average molecular weight is 186 g/mol. The van der Waals surface area contributed by atoms with Crippen molar-refractivity contribution in [3.05, 3.63) is 17.7 Å². The van der Waals surface area contributed by atoms with Gasteiger partial charge in [0, 0.05) is 9.79 Å². The van der Waals surface area contributed by atoms with E-state index >= 15 is 0 Å². The summed E-state index contributed by atoms with van der Waals surface area (Å²) in [7, 11) is 0. The molecule has 0 heterocycles. The number of benzene rings is 1. The van der Waals surface area contributed by atoms with Gasteiger partial charge in [-0.15, -0.1) is 25.3 Å². The molecule has 1 rings (SSSR count). The van der Waals surface area contributed by atoms with Gasteiger partial charge in [-0.1, -0.05) is 6.92 Å². The fraction of sp³-hybridized carbons (Fsp3) is 0.250. The van der Waals surface area contributed by atoms with Crippen LogP contribution in [0.3, 0.4) is 0 Å². The van der Waals surface area contributed by atoms with E-state index in [0.717, 1.165) is 16.9 Å². The Labute approximate surface area is 77.3 Å². The normalized spacial score (nSPS) is 10.1. The van der Waals surface area contributed by atoms with Gasteiger partial charge in [0.15, 0.2) is 0 Å². The minimum Gasteiger partial charge on any atom is -0.507 e. The lowest BCUT2D eigenvalue weighted by Gasteiger charge is -2.04. The Morgan fingerprint density at radius 2 is 2.00 bits per heavy atom. The number of phenols is 1. The molecule has 1 nitrogen and oxygen atoms in total. The van der Waals surface area contributed by atoms with Crippen molar-refractivity contribution < 1.29 is 5.11 Å². The Balaban J connectivity index is 3.24. The summed E-state index contributed by atoms with van der Waals surface area (Å²) < 4.78 is 0. The first kappa shape index (κ1) is 8.81. The second-order valence-corrected chi connectivity index (χ2v) is 3.32. The number of thiol groups is 2. The SMILES string of the molecule is CCc1cc(S)cc(S)c1O. The quantitative estimate of drug-likeness (QED) is 0.576. The van der Waals surface area contributed by atoms with Crippen LogP contribution >= 0.6 is 25.3 Å². The molecule has 1 N–H and O–H groups in total. The van der Waals surface area contributed by atoms with Crippen LogP contribution in [-0.2, 0) is 6.42 Å². The maximum absolute atomic E-state index is 9.41. The van der Waals surface area contributed by atoms with Gasteiger partial charge < -0.3 is 5.11 Å². The summed E-state index contributed by atoms with van der Waals surface area (Å²) in [5, 5.41) is 9.41. The van der Waals surface area contributed by atoms with Gasteiger partial charge in [0.25, 0.3) is 0 Å². The van der Waals surface area contributed by atoms with E-state index in [9.17, 15) is 5.11 Å². The molecule has 0 saturated carbocycles. The fourth-order valence-corrected chi connectivity index (χ4v) is 1.60. The fourth-order valence-electron chi connectivity index (χ4n) is 0.931. The van der Waals surface area contributed by atoms with E-state index in [1.165, 1.54) is 0 Å². The highest BCUT2D eigenvalue weighted by atomic mass is 32.1. The largest absolute Gasteiger partial charge is 0.507 e. The standard InChI is InChI=1S/C8H10OS2/c1-2-5-3-6(10)4-7(11)8(5)9/h3-4,9-11H,2H2,1H3. The highest BCUT2D eigenvalue weighted by Crippen LogP contribution is 2.29. The molecule has 0 aliphatic heterocycles. The number of rotatable bonds is 1. The van der Waals surface area contributed by atoms with Crippen molar-refractivity contribution in [2.45, 2.75) is 23.1 Å². The number of phenolic OH excluding ortho intramolecular Hbond substituents is 1. The molecule has 0 saturated heterocycles. The maximum Gasteiger partial charge on any atom is 0.132 e. The summed E-state index contributed by atoms with van der Waals surface area (Å²) >= 11 is 8.26. The molecule has 11 heavy (non-hydrogen) atoms. The van der Waals surface area contributed by atoms with Gasteiger partial charge in [0.1, 0.15) is 5.75 Å². The first-order valence-electron chi connectivity index (χ1n) is 3.39. The third kappa shape index (κ3) is 1.84. The summed E-state index contributed by atoms with van der Waals surface area (Å²) in [4.78, 5) is 1.43. The van der Waals surface area contributed by atoms with Gasteiger partial charge >= 0.3 is 0 Å². The van der Waals surface area contributed by atoms with Crippen molar-refractivity contribution in [3.63, 3.8) is 0 Å². The summed E-state index contributed by atoms with van der Waals surface area (Å²) in [5.41, 5.74) is 0.891. The molecule has 0 fully saturated rings. The third-order valence-electron chi connectivity index (χ3n) is 1.53. The van der Waals surface area contributed by atoms with Crippen LogP contribution < -0.4 is 0 Å². The van der Waals surface area contributed by atoms with Crippen LogP contribution in [0.2, 0.25) is 0 Å². The third-order valence-corrected chi connectivity index (χ3v) is 2.13. The molecule has 0 aliphatic carbocycles. The molecule has 1 aromatic rings. The van der Waals surface area contributed by atoms with Crippen molar-refractivity contribution in [1.29, 1.82) is 0 Å². The smallest absolute Gasteiger partial charge is 0.132 e. The van der Waals surface area contributed by atoms with E-state index in [1.807, 2.05) is 13.0 Å². The highest BCUT2D eigenvalue weighted by Gasteiger charge is 2.03. The van der Waals surface area contributed by atoms with Crippen molar-refractivity contribution in [2.24, 2.45) is 0 Å². The van der Waals surface area contributed by atoms with Crippen molar-refractivity contribution in [2.75, 3.05) is 0 Å². The minimum atomic E-state index is 0.272. The molecule has 60 valence electrons. The summed E-state index contributed by atoms with van der Waals surface area (Å²) in [6.45, 7) is 1.98. The second kappa shape index (κ2) is 3.41. The second-order valence-electron chi connectivity index (χ2n) is 2.33. The van der Waals surface area contributed by atoms with Crippen molar-refractivity contribution in [1.82, 2.24) is 0 Å². The summed E-state index contributed by atoms with van der Waals surface area (Å²) in [5.74, 6) is 0.272. The van der Waals surface area contributed by atoms with Crippen LogP contribution in [0.25, 0.3) is 0 Å². The van der Waals surface area contributed by atoms with Gasteiger partial charge in [-0.2, -0.15) is 0 Å². The molecule has 0 bridgehead atoms. The Morgan fingerprint density at radius 1 is 1.36 bits per heavy atom. The van der Waals surface area contributed by atoms with Crippen molar-refractivity contribution >= 4 is 25.3 Å². The Kier molecular flexibility index (Phi) is 2.73. The zero-order valence-corrected chi connectivity index (χ0v) is 7.99. The molecule has 0 amide bonds. The van der Waals surface area contributed by atoms with Crippen LogP contribution in [-0.4, -0.2) is 5.11 Å². The predicted molar refractivity (Wildman–Crippen MR) is 52.0 cm³/mol. The lowest BCUT2D eigenvalue weighted by atomic mass is 10.1. The molecular weight excluding hydrogens is 176 g/mol. The summed E-state index contributed by atoms with van der Waals surface area (Å²) in [6, 6.07) is 3.57. The van der Waals surface area contributed by atoms with E-state index in [0.29, 0.717) is 4.90 Å². The topological polar surface area (TPSA) is 20.2 Å².